The first-order valence-corrected chi connectivity index (χ1v) is 10.7. The summed E-state index contributed by atoms with van der Waals surface area (Å²) in [4.78, 5) is 0. The average Bonchev–Trinajstić information content (AvgIpc) is 2.89. The van der Waals surface area contributed by atoms with Crippen LogP contribution in [-0.4, -0.2) is 45.2 Å². The Labute approximate surface area is 132 Å². The van der Waals surface area contributed by atoms with Crippen LogP contribution in [0.15, 0.2) is 22.8 Å². The van der Waals surface area contributed by atoms with Gasteiger partial charge in [-0.05, 0) is 30.9 Å². The molecule has 1 aromatic heterocycles. The Morgan fingerprint density at radius 2 is 1.86 bits per heavy atom. The molecule has 0 spiro atoms. The molecule has 1 aliphatic heterocycles. The van der Waals surface area contributed by atoms with Gasteiger partial charge >= 0.3 is 0 Å². The fraction of sp³-hybridized carbons (Fsp3) is 0.714. The molecule has 1 saturated heterocycles. The zero-order valence-corrected chi connectivity index (χ0v) is 14.6. The fourth-order valence-corrected chi connectivity index (χ4v) is 6.25. The van der Waals surface area contributed by atoms with Crippen molar-refractivity contribution in [2.24, 2.45) is 5.92 Å². The maximum absolute atomic E-state index is 12.4. The van der Waals surface area contributed by atoms with Crippen LogP contribution in [-0.2, 0) is 25.6 Å². The van der Waals surface area contributed by atoms with Gasteiger partial charge in [-0.15, -0.1) is 0 Å². The highest BCUT2D eigenvalue weighted by Crippen LogP contribution is 2.24. The highest BCUT2D eigenvalue weighted by atomic mass is 32.2. The maximum Gasteiger partial charge on any atom is 0.214 e. The van der Waals surface area contributed by atoms with Gasteiger partial charge in [-0.25, -0.2) is 21.1 Å². The molecular weight excluding hydrogens is 326 g/mol. The second kappa shape index (κ2) is 6.72. The Balaban J connectivity index is 1.97. The van der Waals surface area contributed by atoms with Crippen molar-refractivity contribution >= 4 is 19.9 Å². The molecule has 0 N–H and O–H groups in total. The van der Waals surface area contributed by atoms with Gasteiger partial charge in [-0.2, -0.15) is 0 Å². The minimum Gasteiger partial charge on any atom is -0.468 e. The van der Waals surface area contributed by atoms with E-state index < -0.39 is 25.1 Å². The van der Waals surface area contributed by atoms with Crippen LogP contribution in [0.25, 0.3) is 0 Å². The first-order valence-electron chi connectivity index (χ1n) is 7.42. The van der Waals surface area contributed by atoms with E-state index in [1.807, 2.05) is 13.8 Å². The molecule has 0 aromatic carbocycles. The third kappa shape index (κ3) is 4.33. The molecule has 0 saturated carbocycles. The summed E-state index contributed by atoms with van der Waals surface area (Å²) in [5, 5.41) is -0.497. The summed E-state index contributed by atoms with van der Waals surface area (Å²) >= 11 is 0. The number of sulfonamides is 1. The summed E-state index contributed by atoms with van der Waals surface area (Å²) < 4.78 is 55.6. The Kier molecular flexibility index (Phi) is 5.34. The predicted molar refractivity (Wildman–Crippen MR) is 84.6 cm³/mol. The standard InChI is InChI=1S/C14H23NO5S2/c1-12(2)10-22(18,19)15-7-5-14(6-8-15)21(16,17)11-13-4-3-9-20-13/h3-4,9,12,14H,5-8,10-11H2,1-2H3. The first-order chi connectivity index (χ1) is 10.2. The monoisotopic (exact) mass is 349 g/mol. The fourth-order valence-electron chi connectivity index (χ4n) is 2.71. The van der Waals surface area contributed by atoms with E-state index in [9.17, 15) is 16.8 Å². The van der Waals surface area contributed by atoms with Gasteiger partial charge in [-0.3, -0.25) is 0 Å². The van der Waals surface area contributed by atoms with E-state index in [-0.39, 0.29) is 30.5 Å². The van der Waals surface area contributed by atoms with Gasteiger partial charge in [0.2, 0.25) is 10.0 Å². The van der Waals surface area contributed by atoms with Crippen LogP contribution in [0, 0.1) is 5.92 Å². The highest BCUT2D eigenvalue weighted by Gasteiger charge is 2.34. The highest BCUT2D eigenvalue weighted by molar-refractivity contribution is 7.91. The zero-order valence-electron chi connectivity index (χ0n) is 12.9. The van der Waals surface area contributed by atoms with Crippen LogP contribution in [0.3, 0.4) is 0 Å². The van der Waals surface area contributed by atoms with E-state index in [2.05, 4.69) is 0 Å². The van der Waals surface area contributed by atoms with E-state index in [1.165, 1.54) is 10.6 Å². The van der Waals surface area contributed by atoms with Gasteiger partial charge in [0.15, 0.2) is 9.84 Å². The molecule has 1 aliphatic rings. The zero-order chi connectivity index (χ0) is 16.4. The molecule has 2 rings (SSSR count). The lowest BCUT2D eigenvalue weighted by Gasteiger charge is -2.31. The first kappa shape index (κ1) is 17.5. The molecule has 0 bridgehead atoms. The van der Waals surface area contributed by atoms with Crippen molar-refractivity contribution in [1.29, 1.82) is 0 Å². The van der Waals surface area contributed by atoms with Crippen molar-refractivity contribution in [2.45, 2.75) is 37.7 Å². The molecule has 126 valence electrons. The van der Waals surface area contributed by atoms with E-state index >= 15 is 0 Å². The van der Waals surface area contributed by atoms with Crippen LogP contribution in [0.5, 0.6) is 0 Å². The third-order valence-corrected chi connectivity index (χ3v) is 8.18. The second-order valence-corrected chi connectivity index (χ2v) is 10.5. The van der Waals surface area contributed by atoms with Crippen molar-refractivity contribution in [3.8, 4) is 0 Å². The molecule has 22 heavy (non-hydrogen) atoms. The molecule has 1 aromatic rings. The SMILES string of the molecule is CC(C)CS(=O)(=O)N1CCC(S(=O)(=O)Cc2ccco2)CC1. The number of sulfone groups is 1. The van der Waals surface area contributed by atoms with Crippen LogP contribution in [0.1, 0.15) is 32.4 Å². The Morgan fingerprint density at radius 3 is 2.36 bits per heavy atom. The quantitative estimate of drug-likeness (QED) is 0.779. The van der Waals surface area contributed by atoms with Crippen molar-refractivity contribution in [1.82, 2.24) is 4.31 Å². The summed E-state index contributed by atoms with van der Waals surface area (Å²) in [5.41, 5.74) is 0. The lowest BCUT2D eigenvalue weighted by molar-refractivity contribution is 0.343. The topological polar surface area (TPSA) is 84.7 Å². The molecule has 1 fully saturated rings. The van der Waals surface area contributed by atoms with Gasteiger partial charge in [0.05, 0.1) is 17.3 Å². The normalized spacial score (nSPS) is 18.9. The smallest absolute Gasteiger partial charge is 0.214 e. The lowest BCUT2D eigenvalue weighted by Crippen LogP contribution is -2.44. The van der Waals surface area contributed by atoms with E-state index in [0.717, 1.165) is 0 Å². The van der Waals surface area contributed by atoms with Gasteiger partial charge in [-0.1, -0.05) is 13.8 Å². The number of furan rings is 1. The van der Waals surface area contributed by atoms with E-state index in [1.54, 1.807) is 12.1 Å². The second-order valence-electron chi connectivity index (χ2n) is 6.16. The number of piperidine rings is 1. The third-order valence-electron chi connectivity index (χ3n) is 3.77. The van der Waals surface area contributed by atoms with Crippen molar-refractivity contribution in [2.75, 3.05) is 18.8 Å². The average molecular weight is 349 g/mol. The van der Waals surface area contributed by atoms with E-state index in [4.69, 9.17) is 4.42 Å². The van der Waals surface area contributed by atoms with Gasteiger partial charge in [0, 0.05) is 13.1 Å². The Morgan fingerprint density at radius 1 is 1.23 bits per heavy atom. The maximum atomic E-state index is 12.4. The minimum atomic E-state index is -3.31. The van der Waals surface area contributed by atoms with Gasteiger partial charge in [0.1, 0.15) is 11.5 Å². The summed E-state index contributed by atoms with van der Waals surface area (Å²) in [6.45, 7) is 4.27. The number of hydrogen-bond donors (Lipinski definition) is 0. The van der Waals surface area contributed by atoms with Crippen LogP contribution in [0.4, 0.5) is 0 Å². The van der Waals surface area contributed by atoms with Gasteiger partial charge in [0.25, 0.3) is 0 Å². The van der Waals surface area contributed by atoms with Crippen molar-refractivity contribution in [3.05, 3.63) is 24.2 Å². The summed E-state index contributed by atoms with van der Waals surface area (Å²) in [6, 6.07) is 3.30. The van der Waals surface area contributed by atoms with Gasteiger partial charge < -0.3 is 4.42 Å². The molecule has 2 heterocycles. The minimum absolute atomic E-state index is 0.0606. The van der Waals surface area contributed by atoms with Crippen molar-refractivity contribution in [3.63, 3.8) is 0 Å². The summed E-state index contributed by atoms with van der Waals surface area (Å²) in [5.74, 6) is 0.473. The molecule has 0 radical (unpaired) electrons. The van der Waals surface area contributed by atoms with Crippen LogP contribution >= 0.6 is 0 Å². The molecule has 0 aliphatic carbocycles. The predicted octanol–water partition coefficient (Wildman–Crippen LogP) is 1.64. The Bertz CT molecular complexity index is 669. The largest absolute Gasteiger partial charge is 0.468 e. The lowest BCUT2D eigenvalue weighted by atomic mass is 10.2. The molecule has 8 heteroatoms. The molecule has 6 nitrogen and oxygen atoms in total. The summed E-state index contributed by atoms with van der Waals surface area (Å²) in [6.07, 6.45) is 2.15. The van der Waals surface area contributed by atoms with Crippen LogP contribution in [0.2, 0.25) is 0 Å². The molecular formula is C14H23NO5S2. The van der Waals surface area contributed by atoms with Crippen molar-refractivity contribution < 1.29 is 21.3 Å². The molecule has 0 unspecified atom stereocenters. The number of rotatable bonds is 6. The molecule has 0 atom stereocenters. The number of nitrogens with zero attached hydrogens (tertiary/aromatic N) is 1. The number of hydrogen-bond acceptors (Lipinski definition) is 5. The summed E-state index contributed by atoms with van der Waals surface area (Å²) in [7, 11) is -6.59. The Hall–Kier alpha value is -0.860. The molecule has 0 amide bonds. The van der Waals surface area contributed by atoms with Crippen LogP contribution < -0.4 is 0 Å². The van der Waals surface area contributed by atoms with E-state index in [0.29, 0.717) is 18.6 Å².